The SMILES string of the molecule is C\C(=C/C=C/C=C/C=C/CC/C=C/C(C)C(O)C(C)C(O)/C=C/C=C/C=CC=C/C=C/CC(O)C(C)C(=O)CC(O)CC(O)CC(O)/C=C/CC(O)CC(O)CC(O)CC(O)/C=C/CC(O)/C=C/CC(O)CC(O)CCCN)C(=O)O. The van der Waals surface area contributed by atoms with Gasteiger partial charge >= 0.3 is 5.97 Å². The van der Waals surface area contributed by atoms with Gasteiger partial charge in [0.05, 0.1) is 79.4 Å². The van der Waals surface area contributed by atoms with Gasteiger partial charge in [0.1, 0.15) is 5.78 Å². The lowest BCUT2D eigenvalue weighted by atomic mass is 9.88. The maximum Gasteiger partial charge on any atom is 0.331 e. The van der Waals surface area contributed by atoms with Gasteiger partial charge in [0.15, 0.2) is 0 Å². The predicted octanol–water partition coefficient (Wildman–Crippen LogP) is 5.67. The number of carboxylic acids is 1. The first-order valence-corrected chi connectivity index (χ1v) is 28.4. The van der Waals surface area contributed by atoms with E-state index in [4.69, 9.17) is 10.8 Å². The number of allylic oxidation sites excluding steroid dienone is 16. The van der Waals surface area contributed by atoms with E-state index in [9.17, 15) is 76.0 Å². The average Bonchev–Trinajstić information content (AvgIpc) is 3.40. The Balaban J connectivity index is 4.51. The van der Waals surface area contributed by atoms with E-state index in [0.717, 1.165) is 12.8 Å². The quantitative estimate of drug-likeness (QED) is 0.0151. The number of Topliss-reactive ketones (excluding diaryl/α,β-unsaturated/α-hetero) is 1. The molecule has 0 aliphatic heterocycles. The van der Waals surface area contributed by atoms with Crippen molar-refractivity contribution < 1.29 is 81.1 Å². The molecule has 0 radical (unpaired) electrons. The Morgan fingerprint density at radius 2 is 0.901 bits per heavy atom. The Morgan fingerprint density at radius 3 is 1.47 bits per heavy atom. The molecule has 0 bridgehead atoms. The highest BCUT2D eigenvalue weighted by Crippen LogP contribution is 2.20. The number of carboxylic acid groups (broad SMARTS) is 1. The number of unbranched alkanes of at least 4 members (excludes halogenated alkanes) is 1. The van der Waals surface area contributed by atoms with Crippen LogP contribution in [0.4, 0.5) is 0 Å². The molecule has 81 heavy (non-hydrogen) atoms. The first kappa shape index (κ1) is 76.2. The number of aliphatic hydroxyl groups excluding tert-OH is 13. The number of nitrogens with two attached hydrogens (primary N) is 1. The summed E-state index contributed by atoms with van der Waals surface area (Å²) in [5, 5.41) is 144. The summed E-state index contributed by atoms with van der Waals surface area (Å²) < 4.78 is 0. The van der Waals surface area contributed by atoms with E-state index in [2.05, 4.69) is 0 Å². The van der Waals surface area contributed by atoms with Gasteiger partial charge in [0.25, 0.3) is 0 Å². The standard InChI is InChI=1S/C64H101NO16/c1-46(27-19-15-11-7-5-8-12-16-20-28-47(2)64(80)81)63(79)49(4)61(77)37-22-18-14-10-6-9-13-17-21-36-60(76)48(3)62(78)45-59(75)44-58(74)42-54(70)34-25-33-53(69)41-57(73)43-56(72)40-52(68)32-24-30-50(66)29-23-31-51(67)39-55(71)35-26-38-65/h5-10,12-14,16-25,27-29,32,34,37,46,48-61,63,66-77,79H,11,15,26,30-31,33,35-36,38-45,65H2,1-4H3,(H,80,81)/b7-5+,10-6?,12-8+,13-9?,18-14+,20-16+,21-17+,27-19+,29-23+,32-24+,34-25+,37-22+,47-28+. The Kier molecular flexibility index (Phi) is 44.8. The lowest BCUT2D eigenvalue weighted by molar-refractivity contribution is -0.132. The molecule has 16 atom stereocenters. The van der Waals surface area contributed by atoms with Crippen molar-refractivity contribution in [3.63, 3.8) is 0 Å². The zero-order valence-electron chi connectivity index (χ0n) is 48.1. The lowest BCUT2D eigenvalue weighted by Crippen LogP contribution is -2.32. The fourth-order valence-corrected chi connectivity index (χ4v) is 8.05. The third-order valence-electron chi connectivity index (χ3n) is 13.2. The minimum Gasteiger partial charge on any atom is -0.478 e. The molecular formula is C64H101NO16. The number of rotatable bonds is 46. The highest BCUT2D eigenvalue weighted by molar-refractivity contribution is 5.86. The first-order valence-electron chi connectivity index (χ1n) is 28.4. The largest absolute Gasteiger partial charge is 0.478 e. The van der Waals surface area contributed by atoms with Crippen LogP contribution in [0.2, 0.25) is 0 Å². The van der Waals surface area contributed by atoms with E-state index < -0.39 is 97.2 Å². The van der Waals surface area contributed by atoms with E-state index in [-0.39, 0.29) is 87.9 Å². The maximum atomic E-state index is 12.8. The van der Waals surface area contributed by atoms with Crippen LogP contribution in [0.1, 0.15) is 124 Å². The van der Waals surface area contributed by atoms with Crippen LogP contribution in [0, 0.1) is 17.8 Å². The molecule has 0 fully saturated rings. The number of carbonyl (C=O) groups is 2. The number of hydrogen-bond donors (Lipinski definition) is 15. The Bertz CT molecular complexity index is 2070. The van der Waals surface area contributed by atoms with E-state index in [0.29, 0.717) is 19.4 Å². The topological polar surface area (TPSA) is 343 Å². The van der Waals surface area contributed by atoms with Crippen molar-refractivity contribution in [3.8, 4) is 0 Å². The molecule has 17 nitrogen and oxygen atoms in total. The normalized spacial score (nSPS) is 19.6. The second-order valence-corrected chi connectivity index (χ2v) is 20.9. The maximum absolute atomic E-state index is 12.8. The Labute approximate surface area is 482 Å². The minimum atomic E-state index is -1.21. The van der Waals surface area contributed by atoms with E-state index in [1.165, 1.54) is 37.3 Å². The van der Waals surface area contributed by atoms with Crippen LogP contribution < -0.4 is 5.73 Å². The number of hydrogen-bond acceptors (Lipinski definition) is 16. The lowest BCUT2D eigenvalue weighted by Gasteiger charge is -2.25. The van der Waals surface area contributed by atoms with Crippen LogP contribution in [0.15, 0.2) is 157 Å². The van der Waals surface area contributed by atoms with E-state index in [1.807, 2.05) is 43.4 Å². The third-order valence-corrected chi connectivity index (χ3v) is 13.2. The number of ketones is 1. The van der Waals surface area contributed by atoms with Crippen molar-refractivity contribution in [2.24, 2.45) is 23.5 Å². The summed E-state index contributed by atoms with van der Waals surface area (Å²) in [5.74, 6) is -2.67. The highest BCUT2D eigenvalue weighted by atomic mass is 16.4. The predicted molar refractivity (Wildman–Crippen MR) is 320 cm³/mol. The van der Waals surface area contributed by atoms with Gasteiger partial charge in [0, 0.05) is 42.6 Å². The van der Waals surface area contributed by atoms with Gasteiger partial charge < -0.3 is 77.2 Å². The molecule has 0 heterocycles. The summed E-state index contributed by atoms with van der Waals surface area (Å²) in [5.41, 5.74) is 5.69. The van der Waals surface area contributed by atoms with Crippen molar-refractivity contribution in [1.29, 1.82) is 0 Å². The monoisotopic (exact) mass is 1140 g/mol. The van der Waals surface area contributed by atoms with Crippen LogP contribution >= 0.6 is 0 Å². The Hall–Kier alpha value is -4.80. The second-order valence-electron chi connectivity index (χ2n) is 20.9. The highest BCUT2D eigenvalue weighted by Gasteiger charge is 2.26. The van der Waals surface area contributed by atoms with Gasteiger partial charge in [-0.2, -0.15) is 0 Å². The molecule has 0 aliphatic rings. The zero-order valence-corrected chi connectivity index (χ0v) is 48.1. The molecule has 0 saturated carbocycles. The molecule has 0 spiro atoms. The van der Waals surface area contributed by atoms with Crippen LogP contribution in [-0.2, 0) is 9.59 Å². The molecule has 0 aromatic carbocycles. The van der Waals surface area contributed by atoms with Gasteiger partial charge in [-0.25, -0.2) is 4.79 Å². The van der Waals surface area contributed by atoms with Crippen LogP contribution in [0.25, 0.3) is 0 Å². The average molecular weight is 1140 g/mol. The van der Waals surface area contributed by atoms with Crippen LogP contribution in [0.3, 0.4) is 0 Å². The molecule has 0 rings (SSSR count). The van der Waals surface area contributed by atoms with E-state index >= 15 is 0 Å². The number of aliphatic carboxylic acids is 1. The summed E-state index contributed by atoms with van der Waals surface area (Å²) in [6, 6.07) is 0. The Morgan fingerprint density at radius 1 is 0.444 bits per heavy atom. The van der Waals surface area contributed by atoms with Gasteiger partial charge in [-0.15, -0.1) is 0 Å². The van der Waals surface area contributed by atoms with Gasteiger partial charge in [-0.3, -0.25) is 4.79 Å². The molecule has 0 aromatic rings. The molecule has 17 heteroatoms. The molecule has 458 valence electrons. The van der Waals surface area contributed by atoms with Gasteiger partial charge in [0.2, 0.25) is 0 Å². The molecule has 0 aliphatic carbocycles. The first-order chi connectivity index (χ1) is 38.5. The molecule has 0 amide bonds. The molecule has 0 aromatic heterocycles. The van der Waals surface area contributed by atoms with Crippen LogP contribution in [-0.4, -0.2) is 169 Å². The molecule has 16 unspecified atom stereocenters. The summed E-state index contributed by atoms with van der Waals surface area (Å²) >= 11 is 0. The fraction of sp³-hybridized carbons (Fsp3) is 0.562. The summed E-state index contributed by atoms with van der Waals surface area (Å²) in [4.78, 5) is 23.6. The van der Waals surface area contributed by atoms with Crippen molar-refractivity contribution in [1.82, 2.24) is 0 Å². The molecular weight excluding hydrogens is 1040 g/mol. The fourth-order valence-electron chi connectivity index (χ4n) is 8.05. The van der Waals surface area contributed by atoms with E-state index in [1.54, 1.807) is 98.9 Å². The van der Waals surface area contributed by atoms with Gasteiger partial charge in [-0.05, 0) is 90.5 Å². The summed E-state index contributed by atoms with van der Waals surface area (Å²) in [6.07, 6.45) is 33.0. The summed E-state index contributed by atoms with van der Waals surface area (Å²) in [7, 11) is 0. The molecule has 16 N–H and O–H groups in total. The third kappa shape index (κ3) is 42.6. The minimum absolute atomic E-state index is 0.0527. The van der Waals surface area contributed by atoms with Gasteiger partial charge in [-0.1, -0.05) is 173 Å². The summed E-state index contributed by atoms with van der Waals surface area (Å²) in [6.45, 7) is 7.25. The van der Waals surface area contributed by atoms with Crippen molar-refractivity contribution in [2.75, 3.05) is 6.54 Å². The number of carbonyl (C=O) groups excluding carboxylic acids is 1. The zero-order chi connectivity index (χ0) is 61.0. The molecule has 0 saturated heterocycles. The second kappa shape index (κ2) is 47.7. The van der Waals surface area contributed by atoms with Crippen molar-refractivity contribution in [2.45, 2.75) is 203 Å². The smallest absolute Gasteiger partial charge is 0.331 e. The van der Waals surface area contributed by atoms with Crippen molar-refractivity contribution in [3.05, 3.63) is 157 Å². The number of aliphatic hydroxyl groups is 13. The van der Waals surface area contributed by atoms with Crippen LogP contribution in [0.5, 0.6) is 0 Å². The van der Waals surface area contributed by atoms with Crippen molar-refractivity contribution >= 4 is 11.8 Å².